The zero-order valence-corrected chi connectivity index (χ0v) is 17.9. The van der Waals surface area contributed by atoms with E-state index in [4.69, 9.17) is 4.74 Å². The lowest BCUT2D eigenvalue weighted by Gasteiger charge is -2.20. The third-order valence-electron chi connectivity index (χ3n) is 4.62. The van der Waals surface area contributed by atoms with Crippen LogP contribution >= 0.6 is 0 Å². The highest BCUT2D eigenvalue weighted by atomic mass is 32.2. The fourth-order valence-electron chi connectivity index (χ4n) is 2.75. The average molecular weight is 405 g/mol. The van der Waals surface area contributed by atoms with Gasteiger partial charge in [-0.25, -0.2) is 12.7 Å². The number of carbonyl (C=O) groups excluding carboxylic acids is 1. The van der Waals surface area contributed by atoms with E-state index in [2.05, 4.69) is 0 Å². The van der Waals surface area contributed by atoms with Crippen LogP contribution < -0.4 is 4.74 Å². The standard InChI is InChI=1S/C21H28N2O4S/c1-16-14-18(15-20(17(16)2)28(25,26)22(3)4)21(24)23(5)12-9-13-27-19-10-7-6-8-11-19/h6-8,10-11,14-15H,9,12-13H2,1-5H3. The maximum absolute atomic E-state index is 12.8. The summed E-state index contributed by atoms with van der Waals surface area (Å²) < 4.78 is 32.0. The van der Waals surface area contributed by atoms with Gasteiger partial charge in [-0.2, -0.15) is 0 Å². The summed E-state index contributed by atoms with van der Waals surface area (Å²) in [6.07, 6.45) is 0.671. The molecule has 2 rings (SSSR count). The lowest BCUT2D eigenvalue weighted by molar-refractivity contribution is 0.0787. The van der Waals surface area contributed by atoms with Crippen LogP contribution in [0.15, 0.2) is 47.4 Å². The van der Waals surface area contributed by atoms with Crippen LogP contribution in [0.2, 0.25) is 0 Å². The van der Waals surface area contributed by atoms with E-state index in [1.165, 1.54) is 20.2 Å². The number of sulfonamides is 1. The summed E-state index contributed by atoms with van der Waals surface area (Å²) in [6.45, 7) is 4.57. The van der Waals surface area contributed by atoms with Crippen molar-refractivity contribution in [3.05, 3.63) is 59.2 Å². The molecule has 0 aliphatic rings. The molecule has 0 saturated carbocycles. The van der Waals surface area contributed by atoms with E-state index in [9.17, 15) is 13.2 Å². The fraction of sp³-hybridized carbons (Fsp3) is 0.381. The van der Waals surface area contributed by atoms with Crippen molar-refractivity contribution in [2.75, 3.05) is 34.3 Å². The number of benzene rings is 2. The Hall–Kier alpha value is -2.38. The number of amides is 1. The highest BCUT2D eigenvalue weighted by molar-refractivity contribution is 7.89. The number of hydrogen-bond donors (Lipinski definition) is 0. The van der Waals surface area contributed by atoms with Gasteiger partial charge in [0.15, 0.2) is 0 Å². The molecule has 152 valence electrons. The van der Waals surface area contributed by atoms with Crippen molar-refractivity contribution in [2.45, 2.75) is 25.2 Å². The van der Waals surface area contributed by atoms with Crippen LogP contribution in [0.1, 0.15) is 27.9 Å². The maximum atomic E-state index is 12.8. The quantitative estimate of drug-likeness (QED) is 0.634. The van der Waals surface area contributed by atoms with Crippen molar-refractivity contribution in [1.82, 2.24) is 9.21 Å². The second-order valence-corrected chi connectivity index (χ2v) is 9.07. The van der Waals surface area contributed by atoms with Gasteiger partial charge in [0.2, 0.25) is 10.0 Å². The van der Waals surface area contributed by atoms with E-state index in [-0.39, 0.29) is 10.8 Å². The third-order valence-corrected chi connectivity index (χ3v) is 6.56. The molecule has 0 bridgehead atoms. The summed E-state index contributed by atoms with van der Waals surface area (Å²) >= 11 is 0. The number of nitrogens with zero attached hydrogens (tertiary/aromatic N) is 2. The average Bonchev–Trinajstić information content (AvgIpc) is 2.67. The van der Waals surface area contributed by atoms with Crippen LogP contribution in [0, 0.1) is 13.8 Å². The molecule has 7 heteroatoms. The molecule has 0 N–H and O–H groups in total. The molecular formula is C21H28N2O4S. The van der Waals surface area contributed by atoms with E-state index in [0.29, 0.717) is 30.7 Å². The number of aryl methyl sites for hydroxylation is 1. The summed E-state index contributed by atoms with van der Waals surface area (Å²) in [5, 5.41) is 0. The van der Waals surface area contributed by atoms with E-state index in [1.54, 1.807) is 24.9 Å². The molecule has 0 aliphatic carbocycles. The van der Waals surface area contributed by atoms with Gasteiger partial charge in [0.25, 0.3) is 5.91 Å². The second-order valence-electron chi connectivity index (χ2n) is 6.95. The number of rotatable bonds is 8. The maximum Gasteiger partial charge on any atom is 0.253 e. The van der Waals surface area contributed by atoms with Gasteiger partial charge in [-0.1, -0.05) is 18.2 Å². The predicted octanol–water partition coefficient (Wildman–Crippen LogP) is 3.09. The zero-order valence-electron chi connectivity index (χ0n) is 17.1. The molecular weight excluding hydrogens is 376 g/mol. The van der Waals surface area contributed by atoms with Crippen LogP contribution in [-0.2, 0) is 10.0 Å². The van der Waals surface area contributed by atoms with Gasteiger partial charge >= 0.3 is 0 Å². The molecule has 0 aromatic heterocycles. The minimum atomic E-state index is -3.62. The molecule has 0 spiro atoms. The molecule has 6 nitrogen and oxygen atoms in total. The Morgan fingerprint density at radius 2 is 1.68 bits per heavy atom. The smallest absolute Gasteiger partial charge is 0.253 e. The van der Waals surface area contributed by atoms with Gasteiger partial charge in [0.1, 0.15) is 5.75 Å². The first-order valence-corrected chi connectivity index (χ1v) is 10.6. The van der Waals surface area contributed by atoms with Crippen LogP contribution in [0.3, 0.4) is 0 Å². The first-order chi connectivity index (χ1) is 13.1. The van der Waals surface area contributed by atoms with Crippen LogP contribution in [0.25, 0.3) is 0 Å². The molecule has 2 aromatic carbocycles. The minimum absolute atomic E-state index is 0.168. The van der Waals surface area contributed by atoms with Crippen molar-refractivity contribution in [1.29, 1.82) is 0 Å². The first-order valence-electron chi connectivity index (χ1n) is 9.11. The summed E-state index contributed by atoms with van der Waals surface area (Å²) in [6, 6.07) is 12.7. The molecule has 0 heterocycles. The van der Waals surface area contributed by atoms with Gasteiger partial charge in [-0.05, 0) is 55.7 Å². The molecule has 0 unspecified atom stereocenters. The Morgan fingerprint density at radius 1 is 1.04 bits per heavy atom. The van der Waals surface area contributed by atoms with Crippen molar-refractivity contribution in [3.8, 4) is 5.75 Å². The Balaban J connectivity index is 2.07. The van der Waals surface area contributed by atoms with Crippen molar-refractivity contribution in [3.63, 3.8) is 0 Å². The Kier molecular flexibility index (Phi) is 7.21. The summed E-state index contributed by atoms with van der Waals surface area (Å²) in [7, 11) is 1.05. The van der Waals surface area contributed by atoms with Gasteiger partial charge in [0.05, 0.1) is 11.5 Å². The number of hydrogen-bond acceptors (Lipinski definition) is 4. The molecule has 1 amide bonds. The Bertz CT molecular complexity index is 925. The topological polar surface area (TPSA) is 66.9 Å². The SMILES string of the molecule is Cc1cc(C(=O)N(C)CCCOc2ccccc2)cc(S(=O)(=O)N(C)C)c1C. The molecule has 0 fully saturated rings. The number of carbonyl (C=O) groups is 1. The first kappa shape index (κ1) is 21.9. The Morgan fingerprint density at radius 3 is 2.29 bits per heavy atom. The number of ether oxygens (including phenoxy) is 1. The predicted molar refractivity (Wildman–Crippen MR) is 110 cm³/mol. The van der Waals surface area contributed by atoms with E-state index < -0.39 is 10.0 Å². The van der Waals surface area contributed by atoms with Crippen molar-refractivity contribution >= 4 is 15.9 Å². The zero-order chi connectivity index (χ0) is 20.9. The molecule has 0 saturated heterocycles. The van der Waals surface area contributed by atoms with Gasteiger partial charge in [-0.3, -0.25) is 4.79 Å². The molecule has 0 aliphatic heterocycles. The summed E-state index contributed by atoms with van der Waals surface area (Å²) in [5.74, 6) is 0.585. The minimum Gasteiger partial charge on any atom is -0.494 e. The fourth-order valence-corrected chi connectivity index (χ4v) is 3.96. The third kappa shape index (κ3) is 5.11. The van der Waals surface area contributed by atoms with Crippen molar-refractivity contribution in [2.24, 2.45) is 0 Å². The van der Waals surface area contributed by atoms with E-state index in [0.717, 1.165) is 15.6 Å². The van der Waals surface area contributed by atoms with E-state index >= 15 is 0 Å². The van der Waals surface area contributed by atoms with Gasteiger partial charge in [-0.15, -0.1) is 0 Å². The highest BCUT2D eigenvalue weighted by Crippen LogP contribution is 2.24. The normalized spacial score (nSPS) is 11.5. The summed E-state index contributed by atoms with van der Waals surface area (Å²) in [4.78, 5) is 14.6. The number of para-hydroxylation sites is 1. The monoisotopic (exact) mass is 404 g/mol. The summed E-state index contributed by atoms with van der Waals surface area (Å²) in [5.41, 5.74) is 1.80. The molecule has 2 aromatic rings. The lowest BCUT2D eigenvalue weighted by atomic mass is 10.1. The van der Waals surface area contributed by atoms with Gasteiger partial charge in [0, 0.05) is 33.3 Å². The van der Waals surface area contributed by atoms with Crippen LogP contribution in [0.5, 0.6) is 5.75 Å². The van der Waals surface area contributed by atoms with Crippen LogP contribution in [0.4, 0.5) is 0 Å². The molecule has 0 atom stereocenters. The molecule has 28 heavy (non-hydrogen) atoms. The highest BCUT2D eigenvalue weighted by Gasteiger charge is 2.23. The largest absolute Gasteiger partial charge is 0.494 e. The molecule has 0 radical (unpaired) electrons. The van der Waals surface area contributed by atoms with E-state index in [1.807, 2.05) is 37.3 Å². The Labute approximate surface area is 167 Å². The van der Waals surface area contributed by atoms with Gasteiger partial charge < -0.3 is 9.64 Å². The lowest BCUT2D eigenvalue weighted by Crippen LogP contribution is -2.29. The van der Waals surface area contributed by atoms with Crippen LogP contribution in [-0.4, -0.2) is 57.8 Å². The second kappa shape index (κ2) is 9.21. The van der Waals surface area contributed by atoms with Crippen molar-refractivity contribution < 1.29 is 17.9 Å².